The zero-order chi connectivity index (χ0) is 20.6. The van der Waals surface area contributed by atoms with Crippen molar-refractivity contribution in [3.63, 3.8) is 0 Å². The van der Waals surface area contributed by atoms with Crippen LogP contribution in [-0.4, -0.2) is 30.2 Å². The SMILES string of the molecule is CCCCCCOc1ncc(C(F)(F)F)c(N(C)c2ccccc2OCC)n1. The van der Waals surface area contributed by atoms with Crippen LogP contribution in [0.3, 0.4) is 0 Å². The fraction of sp³-hybridized carbons (Fsp3) is 0.500. The van der Waals surface area contributed by atoms with E-state index in [4.69, 9.17) is 9.47 Å². The highest BCUT2D eigenvalue weighted by Crippen LogP contribution is 2.40. The molecule has 0 amide bonds. The van der Waals surface area contributed by atoms with Gasteiger partial charge in [0.1, 0.15) is 11.3 Å². The van der Waals surface area contributed by atoms with Crippen molar-refractivity contribution in [2.45, 2.75) is 45.7 Å². The highest BCUT2D eigenvalue weighted by atomic mass is 19.4. The number of benzene rings is 1. The van der Waals surface area contributed by atoms with E-state index in [-0.39, 0.29) is 11.8 Å². The Labute approximate surface area is 163 Å². The van der Waals surface area contributed by atoms with E-state index >= 15 is 0 Å². The topological polar surface area (TPSA) is 47.5 Å². The predicted octanol–water partition coefficient (Wildman–Crippen LogP) is 5.62. The second kappa shape index (κ2) is 10.1. The minimum absolute atomic E-state index is 0.0692. The molecule has 2 rings (SSSR count). The highest BCUT2D eigenvalue weighted by Gasteiger charge is 2.37. The lowest BCUT2D eigenvalue weighted by molar-refractivity contribution is -0.137. The number of rotatable bonds is 10. The Morgan fingerprint density at radius 3 is 2.46 bits per heavy atom. The van der Waals surface area contributed by atoms with Gasteiger partial charge >= 0.3 is 12.2 Å². The molecule has 0 aliphatic carbocycles. The van der Waals surface area contributed by atoms with E-state index in [1.165, 1.54) is 11.9 Å². The van der Waals surface area contributed by atoms with Crippen LogP contribution in [0.25, 0.3) is 0 Å². The highest BCUT2D eigenvalue weighted by molar-refractivity contribution is 5.68. The minimum Gasteiger partial charge on any atom is -0.492 e. The van der Waals surface area contributed by atoms with Crippen LogP contribution >= 0.6 is 0 Å². The van der Waals surface area contributed by atoms with Crippen LogP contribution in [0.15, 0.2) is 30.5 Å². The number of hydrogen-bond acceptors (Lipinski definition) is 5. The number of unbranched alkanes of at least 4 members (excludes halogenated alkanes) is 3. The summed E-state index contributed by atoms with van der Waals surface area (Å²) in [5.41, 5.74) is -0.456. The molecule has 0 aliphatic rings. The number of hydrogen-bond donors (Lipinski definition) is 0. The lowest BCUT2D eigenvalue weighted by atomic mass is 10.2. The van der Waals surface area contributed by atoms with Crippen molar-refractivity contribution in [2.24, 2.45) is 0 Å². The van der Waals surface area contributed by atoms with Gasteiger partial charge in [0.05, 0.1) is 18.9 Å². The van der Waals surface area contributed by atoms with Crippen molar-refractivity contribution < 1.29 is 22.6 Å². The van der Waals surface area contributed by atoms with Gasteiger partial charge < -0.3 is 14.4 Å². The van der Waals surface area contributed by atoms with Crippen LogP contribution in [0.2, 0.25) is 0 Å². The largest absolute Gasteiger partial charge is 0.492 e. The molecule has 0 N–H and O–H groups in total. The van der Waals surface area contributed by atoms with Gasteiger partial charge in [0.25, 0.3) is 0 Å². The Hall–Kier alpha value is -2.51. The maximum absolute atomic E-state index is 13.5. The minimum atomic E-state index is -4.59. The summed E-state index contributed by atoms with van der Waals surface area (Å²) in [5, 5.41) is 0. The molecule has 1 aromatic heterocycles. The molecule has 1 aromatic carbocycles. The Kier molecular flexibility index (Phi) is 7.90. The smallest absolute Gasteiger partial charge is 0.421 e. The maximum Gasteiger partial charge on any atom is 0.421 e. The van der Waals surface area contributed by atoms with E-state index in [9.17, 15) is 13.2 Å². The molecule has 28 heavy (non-hydrogen) atoms. The second-order valence-electron chi connectivity index (χ2n) is 6.26. The number of nitrogens with zero attached hydrogens (tertiary/aromatic N) is 3. The van der Waals surface area contributed by atoms with Gasteiger partial charge in [-0.3, -0.25) is 0 Å². The molecule has 1 heterocycles. The van der Waals surface area contributed by atoms with E-state index in [0.29, 0.717) is 24.7 Å². The van der Waals surface area contributed by atoms with Gasteiger partial charge in [-0.25, -0.2) is 4.98 Å². The first kappa shape index (κ1) is 21.8. The van der Waals surface area contributed by atoms with E-state index in [0.717, 1.165) is 31.9 Å². The Morgan fingerprint density at radius 1 is 1.04 bits per heavy atom. The molecule has 0 fully saturated rings. The number of aromatic nitrogens is 2. The van der Waals surface area contributed by atoms with E-state index in [1.807, 2.05) is 6.92 Å². The monoisotopic (exact) mass is 397 g/mol. The average molecular weight is 397 g/mol. The quantitative estimate of drug-likeness (QED) is 0.487. The molecule has 0 aliphatic heterocycles. The van der Waals surface area contributed by atoms with E-state index in [1.54, 1.807) is 24.3 Å². The van der Waals surface area contributed by atoms with Crippen molar-refractivity contribution >= 4 is 11.5 Å². The van der Waals surface area contributed by atoms with Crippen molar-refractivity contribution in [3.05, 3.63) is 36.0 Å². The first-order valence-corrected chi connectivity index (χ1v) is 9.41. The molecular formula is C20H26F3N3O2. The molecule has 0 bridgehead atoms. The zero-order valence-electron chi connectivity index (χ0n) is 16.4. The van der Waals surface area contributed by atoms with Crippen LogP contribution < -0.4 is 14.4 Å². The summed E-state index contributed by atoms with van der Waals surface area (Å²) in [6.07, 6.45) is 0.139. The summed E-state index contributed by atoms with van der Waals surface area (Å²) in [7, 11) is 1.51. The predicted molar refractivity (Wildman–Crippen MR) is 102 cm³/mol. The van der Waals surface area contributed by atoms with Gasteiger partial charge in [-0.1, -0.05) is 38.3 Å². The zero-order valence-corrected chi connectivity index (χ0v) is 16.4. The standard InChI is InChI=1S/C20H26F3N3O2/c1-4-6-7-10-13-28-19-24-14-15(20(21,22)23)18(25-19)26(3)16-11-8-9-12-17(16)27-5-2/h8-9,11-12,14H,4-7,10,13H2,1-3H3. The van der Waals surface area contributed by atoms with Crippen molar-refractivity contribution in [1.82, 2.24) is 9.97 Å². The number of para-hydroxylation sites is 2. The lowest BCUT2D eigenvalue weighted by Gasteiger charge is -2.24. The van der Waals surface area contributed by atoms with E-state index < -0.39 is 11.7 Å². The molecule has 154 valence electrons. The van der Waals surface area contributed by atoms with Crippen molar-refractivity contribution in [3.8, 4) is 11.8 Å². The molecule has 0 unspecified atom stereocenters. The second-order valence-corrected chi connectivity index (χ2v) is 6.26. The summed E-state index contributed by atoms with van der Waals surface area (Å²) in [6, 6.07) is 6.81. The third-order valence-electron chi connectivity index (χ3n) is 4.13. The molecular weight excluding hydrogens is 371 g/mol. The molecule has 2 aromatic rings. The van der Waals surface area contributed by atoms with Crippen LogP contribution in [-0.2, 0) is 6.18 Å². The van der Waals surface area contributed by atoms with Gasteiger partial charge in [0.2, 0.25) is 0 Å². The number of ether oxygens (including phenoxy) is 2. The van der Waals surface area contributed by atoms with E-state index in [2.05, 4.69) is 16.9 Å². The summed E-state index contributed by atoms with van der Waals surface area (Å²) in [6.45, 7) is 4.67. The normalized spacial score (nSPS) is 11.4. The summed E-state index contributed by atoms with van der Waals surface area (Å²) in [5.74, 6) is 0.194. The summed E-state index contributed by atoms with van der Waals surface area (Å²) in [4.78, 5) is 9.15. The Bertz CT molecular complexity index is 754. The molecule has 5 nitrogen and oxygen atoms in total. The molecule has 0 saturated carbocycles. The molecule has 0 atom stereocenters. The molecule has 0 spiro atoms. The van der Waals surface area contributed by atoms with Crippen LogP contribution in [0.4, 0.5) is 24.7 Å². The van der Waals surface area contributed by atoms with Crippen molar-refractivity contribution in [1.29, 1.82) is 0 Å². The maximum atomic E-state index is 13.5. The summed E-state index contributed by atoms with van der Waals surface area (Å²) < 4.78 is 51.6. The van der Waals surface area contributed by atoms with Crippen LogP contribution in [0, 0.1) is 0 Å². The van der Waals surface area contributed by atoms with Crippen LogP contribution in [0.5, 0.6) is 11.8 Å². The Balaban J connectivity index is 2.32. The van der Waals surface area contributed by atoms with Gasteiger partial charge in [0.15, 0.2) is 5.82 Å². The van der Waals surface area contributed by atoms with Gasteiger partial charge in [-0.2, -0.15) is 18.2 Å². The molecule has 8 heteroatoms. The first-order chi connectivity index (χ1) is 13.4. The van der Waals surface area contributed by atoms with Crippen molar-refractivity contribution in [2.75, 3.05) is 25.2 Å². The summed E-state index contributed by atoms with van der Waals surface area (Å²) >= 11 is 0. The molecule has 0 saturated heterocycles. The number of halogens is 3. The van der Waals surface area contributed by atoms with Gasteiger partial charge in [-0.05, 0) is 25.5 Å². The number of alkyl halides is 3. The lowest BCUT2D eigenvalue weighted by Crippen LogP contribution is -2.20. The average Bonchev–Trinajstić information content (AvgIpc) is 2.67. The Morgan fingerprint density at radius 2 is 1.79 bits per heavy atom. The third-order valence-corrected chi connectivity index (χ3v) is 4.13. The van der Waals surface area contributed by atoms with Crippen LogP contribution in [0.1, 0.15) is 45.1 Å². The fourth-order valence-corrected chi connectivity index (χ4v) is 2.70. The third kappa shape index (κ3) is 5.74. The number of anilines is 2. The van der Waals surface area contributed by atoms with Gasteiger partial charge in [-0.15, -0.1) is 0 Å². The fourth-order valence-electron chi connectivity index (χ4n) is 2.70. The molecule has 0 radical (unpaired) electrons. The first-order valence-electron chi connectivity index (χ1n) is 9.41. The van der Waals surface area contributed by atoms with Gasteiger partial charge in [0, 0.05) is 13.2 Å².